The van der Waals surface area contributed by atoms with E-state index in [9.17, 15) is 4.39 Å². The Balaban J connectivity index is 1.43. The summed E-state index contributed by atoms with van der Waals surface area (Å²) in [6.45, 7) is 5.32. The average molecular weight is 503 g/mol. The highest BCUT2D eigenvalue weighted by Crippen LogP contribution is 2.35. The summed E-state index contributed by atoms with van der Waals surface area (Å²) in [5.41, 5.74) is 3.76. The van der Waals surface area contributed by atoms with Crippen LogP contribution in [0.1, 0.15) is 37.3 Å². The monoisotopic (exact) mass is 502 g/mol. The van der Waals surface area contributed by atoms with Crippen LogP contribution in [0.15, 0.2) is 54.6 Å². The summed E-state index contributed by atoms with van der Waals surface area (Å²) in [6.07, 6.45) is 3.70. The highest BCUT2D eigenvalue weighted by Gasteiger charge is 2.15. The molecule has 0 bridgehead atoms. The Morgan fingerprint density at radius 1 is 0.882 bits per heavy atom. The third-order valence-corrected chi connectivity index (χ3v) is 6.50. The zero-order valence-corrected chi connectivity index (χ0v) is 20.8. The standard InChI is InChI=1S/C27H29Cl2FN2O2/c1-2-33-26-14-20(23(28)16-27(26)34-18-19-6-8-21(30)9-7-19)17-31-22-10-11-25(24(29)15-22)32-12-4-3-5-13-32/h6-11,14-16,31H,2-5,12-13,17-18H2,1H3. The fourth-order valence-corrected chi connectivity index (χ4v) is 4.56. The van der Waals surface area contributed by atoms with Crippen LogP contribution in [0.4, 0.5) is 15.8 Å². The maximum absolute atomic E-state index is 13.1. The molecule has 0 atom stereocenters. The van der Waals surface area contributed by atoms with E-state index in [-0.39, 0.29) is 12.4 Å². The third kappa shape index (κ3) is 6.28. The van der Waals surface area contributed by atoms with Gasteiger partial charge in [-0.15, -0.1) is 0 Å². The highest BCUT2D eigenvalue weighted by molar-refractivity contribution is 6.33. The Bertz CT molecular complexity index is 1100. The van der Waals surface area contributed by atoms with Gasteiger partial charge in [-0.05, 0) is 73.7 Å². The molecule has 3 aromatic carbocycles. The van der Waals surface area contributed by atoms with Crippen LogP contribution in [0.3, 0.4) is 0 Å². The highest BCUT2D eigenvalue weighted by atomic mass is 35.5. The lowest BCUT2D eigenvalue weighted by atomic mass is 10.1. The van der Waals surface area contributed by atoms with Gasteiger partial charge in [-0.25, -0.2) is 4.39 Å². The number of nitrogens with one attached hydrogen (secondary N) is 1. The van der Waals surface area contributed by atoms with Crippen LogP contribution >= 0.6 is 23.2 Å². The predicted octanol–water partition coefficient (Wildman–Crippen LogP) is 7.71. The minimum absolute atomic E-state index is 0.277. The van der Waals surface area contributed by atoms with Gasteiger partial charge >= 0.3 is 0 Å². The molecule has 0 saturated carbocycles. The van der Waals surface area contributed by atoms with Crippen LogP contribution in [-0.4, -0.2) is 19.7 Å². The SMILES string of the molecule is CCOc1cc(CNc2ccc(N3CCCCC3)c(Cl)c2)c(Cl)cc1OCc1ccc(F)cc1. The molecule has 180 valence electrons. The van der Waals surface area contributed by atoms with Crippen LogP contribution in [0.25, 0.3) is 0 Å². The summed E-state index contributed by atoms with van der Waals surface area (Å²) in [4.78, 5) is 2.35. The first-order valence-electron chi connectivity index (χ1n) is 11.6. The van der Waals surface area contributed by atoms with Crippen LogP contribution in [0.2, 0.25) is 10.0 Å². The van der Waals surface area contributed by atoms with Crippen molar-refractivity contribution in [3.63, 3.8) is 0 Å². The van der Waals surface area contributed by atoms with E-state index in [0.717, 1.165) is 40.6 Å². The Labute approximate surface area is 210 Å². The number of ether oxygens (including phenoxy) is 2. The molecule has 4 rings (SSSR count). The van der Waals surface area contributed by atoms with Gasteiger partial charge in [0.2, 0.25) is 0 Å². The van der Waals surface area contributed by atoms with E-state index in [1.807, 2.05) is 25.1 Å². The van der Waals surface area contributed by atoms with E-state index in [0.29, 0.717) is 29.7 Å². The third-order valence-electron chi connectivity index (χ3n) is 5.85. The van der Waals surface area contributed by atoms with Gasteiger partial charge in [0.15, 0.2) is 11.5 Å². The molecule has 1 fully saturated rings. The molecule has 0 unspecified atom stereocenters. The number of anilines is 2. The number of hydrogen-bond donors (Lipinski definition) is 1. The van der Waals surface area contributed by atoms with Crippen molar-refractivity contribution in [2.45, 2.75) is 39.3 Å². The minimum atomic E-state index is -0.277. The summed E-state index contributed by atoms with van der Waals surface area (Å²) in [5.74, 6) is 0.888. The molecular weight excluding hydrogens is 474 g/mol. The Hall–Kier alpha value is -2.63. The molecule has 3 aromatic rings. The van der Waals surface area contributed by atoms with E-state index in [1.165, 1.54) is 31.4 Å². The van der Waals surface area contributed by atoms with Gasteiger partial charge in [-0.2, -0.15) is 0 Å². The van der Waals surface area contributed by atoms with Crippen LogP contribution in [0, 0.1) is 5.82 Å². The summed E-state index contributed by atoms with van der Waals surface area (Å²) in [5, 5.41) is 4.72. The molecule has 1 N–H and O–H groups in total. The molecule has 1 saturated heterocycles. The predicted molar refractivity (Wildman–Crippen MR) is 138 cm³/mol. The lowest BCUT2D eigenvalue weighted by Gasteiger charge is -2.29. The van der Waals surface area contributed by atoms with Crippen molar-refractivity contribution >= 4 is 34.6 Å². The molecule has 0 aromatic heterocycles. The van der Waals surface area contributed by atoms with Crippen molar-refractivity contribution in [2.24, 2.45) is 0 Å². The van der Waals surface area contributed by atoms with Crippen LogP contribution < -0.4 is 19.7 Å². The number of piperidine rings is 1. The number of nitrogens with zero attached hydrogens (tertiary/aromatic N) is 1. The molecule has 0 radical (unpaired) electrons. The number of hydrogen-bond acceptors (Lipinski definition) is 4. The Morgan fingerprint density at radius 3 is 2.32 bits per heavy atom. The Kier molecular flexibility index (Phi) is 8.41. The number of rotatable bonds is 9. The number of benzene rings is 3. The second-order valence-corrected chi connectivity index (χ2v) is 9.12. The van der Waals surface area contributed by atoms with Gasteiger partial charge in [-0.1, -0.05) is 35.3 Å². The second kappa shape index (κ2) is 11.7. The molecule has 0 spiro atoms. The van der Waals surface area contributed by atoms with Crippen molar-refractivity contribution in [1.29, 1.82) is 0 Å². The molecule has 1 aliphatic rings. The topological polar surface area (TPSA) is 33.7 Å². The van der Waals surface area contributed by atoms with E-state index in [4.69, 9.17) is 32.7 Å². The van der Waals surface area contributed by atoms with E-state index < -0.39 is 0 Å². The van der Waals surface area contributed by atoms with Gasteiger partial charge in [-0.3, -0.25) is 0 Å². The first-order chi connectivity index (χ1) is 16.5. The van der Waals surface area contributed by atoms with Gasteiger partial charge < -0.3 is 19.7 Å². The van der Waals surface area contributed by atoms with Crippen molar-refractivity contribution in [3.05, 3.63) is 81.6 Å². The zero-order valence-electron chi connectivity index (χ0n) is 19.3. The van der Waals surface area contributed by atoms with Gasteiger partial charge in [0.05, 0.1) is 17.3 Å². The quantitative estimate of drug-likeness (QED) is 0.324. The van der Waals surface area contributed by atoms with Gasteiger partial charge in [0.25, 0.3) is 0 Å². The first-order valence-corrected chi connectivity index (χ1v) is 12.4. The maximum Gasteiger partial charge on any atom is 0.163 e. The molecule has 7 heteroatoms. The molecule has 0 aliphatic carbocycles. The van der Waals surface area contributed by atoms with E-state index in [2.05, 4.69) is 16.3 Å². The van der Waals surface area contributed by atoms with Crippen molar-refractivity contribution < 1.29 is 13.9 Å². The number of halogens is 3. The van der Waals surface area contributed by atoms with Gasteiger partial charge in [0.1, 0.15) is 12.4 Å². The summed E-state index contributed by atoms with van der Waals surface area (Å²) in [6, 6.07) is 16.0. The smallest absolute Gasteiger partial charge is 0.163 e. The maximum atomic E-state index is 13.1. The molecule has 1 aliphatic heterocycles. The molecular formula is C27H29Cl2FN2O2. The Morgan fingerprint density at radius 2 is 1.62 bits per heavy atom. The lowest BCUT2D eigenvalue weighted by Crippen LogP contribution is -2.29. The first kappa shape index (κ1) is 24.5. The second-order valence-electron chi connectivity index (χ2n) is 8.31. The van der Waals surface area contributed by atoms with Crippen molar-refractivity contribution in [2.75, 3.05) is 29.9 Å². The summed E-state index contributed by atoms with van der Waals surface area (Å²) < 4.78 is 24.9. The fourth-order valence-electron chi connectivity index (χ4n) is 4.04. The lowest BCUT2D eigenvalue weighted by molar-refractivity contribution is 0.269. The average Bonchev–Trinajstić information content (AvgIpc) is 2.85. The zero-order chi connectivity index (χ0) is 23.9. The summed E-state index contributed by atoms with van der Waals surface area (Å²) >= 11 is 13.2. The minimum Gasteiger partial charge on any atom is -0.490 e. The van der Waals surface area contributed by atoms with Crippen molar-refractivity contribution in [1.82, 2.24) is 0 Å². The molecule has 1 heterocycles. The molecule has 0 amide bonds. The fraction of sp³-hybridized carbons (Fsp3) is 0.333. The van der Waals surface area contributed by atoms with E-state index >= 15 is 0 Å². The van der Waals surface area contributed by atoms with E-state index in [1.54, 1.807) is 18.2 Å². The van der Waals surface area contributed by atoms with Crippen molar-refractivity contribution in [3.8, 4) is 11.5 Å². The van der Waals surface area contributed by atoms with Crippen LogP contribution in [0.5, 0.6) is 11.5 Å². The molecule has 4 nitrogen and oxygen atoms in total. The van der Waals surface area contributed by atoms with Gasteiger partial charge in [0, 0.05) is 36.4 Å². The normalized spacial score (nSPS) is 13.6. The largest absolute Gasteiger partial charge is 0.490 e. The van der Waals surface area contributed by atoms with Crippen LogP contribution in [-0.2, 0) is 13.2 Å². The molecule has 34 heavy (non-hydrogen) atoms. The summed E-state index contributed by atoms with van der Waals surface area (Å²) in [7, 11) is 0.